The van der Waals surface area contributed by atoms with Gasteiger partial charge in [0.25, 0.3) is 0 Å². The minimum atomic E-state index is -4.33. The van der Waals surface area contributed by atoms with Crippen LogP contribution < -0.4 is 0 Å². The molecule has 0 aliphatic carbocycles. The van der Waals surface area contributed by atoms with Gasteiger partial charge in [-0.1, -0.05) is 58.4 Å². The number of hydrogen-bond donors (Lipinski definition) is 0. The molecule has 1 unspecified atom stereocenters. The van der Waals surface area contributed by atoms with E-state index in [1.807, 2.05) is 19.9 Å². The molecule has 198 valence electrons. The number of likely N-dealkylation sites (N-methyl/N-ethyl adjacent to an activating group) is 1. The van der Waals surface area contributed by atoms with E-state index in [0.717, 1.165) is 48.4 Å². The highest BCUT2D eigenvalue weighted by Gasteiger charge is 2.30. The first-order valence-electron chi connectivity index (χ1n) is 12.2. The Morgan fingerprint density at radius 1 is 1.19 bits per heavy atom. The molecular weight excluding hydrogens is 465 g/mol. The van der Waals surface area contributed by atoms with E-state index in [1.165, 1.54) is 36.8 Å². The number of oxazole rings is 1. The van der Waals surface area contributed by atoms with E-state index < -0.39 is 11.7 Å². The van der Waals surface area contributed by atoms with Gasteiger partial charge in [0.1, 0.15) is 5.76 Å². The molecule has 1 aromatic carbocycles. The molecule has 0 saturated carbocycles. The molecule has 0 radical (unpaired) electrons. The second-order valence-corrected chi connectivity index (χ2v) is 8.99. The maximum atomic E-state index is 12.6. The van der Waals surface area contributed by atoms with Crippen molar-refractivity contribution in [3.05, 3.63) is 77.9 Å². The lowest BCUT2D eigenvalue weighted by Crippen LogP contribution is -2.22. The summed E-state index contributed by atoms with van der Waals surface area (Å²) in [6.07, 6.45) is 4.62. The Morgan fingerprint density at radius 2 is 1.81 bits per heavy atom. The third-order valence-corrected chi connectivity index (χ3v) is 5.94. The number of hydrogen-bond acceptors (Lipinski definition) is 3. The third-order valence-electron chi connectivity index (χ3n) is 5.94. The number of nitrogens with zero attached hydrogens (tertiary/aromatic N) is 2. The van der Waals surface area contributed by atoms with Crippen LogP contribution in [0.1, 0.15) is 70.4 Å². The lowest BCUT2D eigenvalue weighted by Gasteiger charge is -2.17. The topological polar surface area (TPSA) is 46.3 Å². The molecule has 1 atom stereocenters. The Balaban J connectivity index is 0.000000457. The predicted octanol–water partition coefficient (Wildman–Crippen LogP) is 8.54. The van der Waals surface area contributed by atoms with E-state index in [-0.39, 0.29) is 5.91 Å². The average Bonchev–Trinajstić information content (AvgIpc) is 3.18. The van der Waals surface area contributed by atoms with E-state index in [1.54, 1.807) is 13.1 Å². The van der Waals surface area contributed by atoms with E-state index in [4.69, 9.17) is 4.42 Å². The van der Waals surface area contributed by atoms with Crippen LogP contribution in [0.4, 0.5) is 13.2 Å². The Hall–Kier alpha value is -3.09. The summed E-state index contributed by atoms with van der Waals surface area (Å²) in [5.74, 6) is 1.82. The van der Waals surface area contributed by atoms with Crippen molar-refractivity contribution in [3.63, 3.8) is 0 Å². The zero-order valence-corrected chi connectivity index (χ0v) is 22.3. The smallest absolute Gasteiger partial charge is 0.416 e. The molecule has 1 amide bonds. The quantitative estimate of drug-likeness (QED) is 0.305. The van der Waals surface area contributed by atoms with Gasteiger partial charge in [0, 0.05) is 25.2 Å². The van der Waals surface area contributed by atoms with Crippen molar-refractivity contribution in [2.45, 2.75) is 72.9 Å². The molecule has 1 heterocycles. The molecule has 0 aliphatic rings. The number of aryl methyl sites for hydroxylation is 2. The molecule has 7 heteroatoms. The third kappa shape index (κ3) is 9.88. The van der Waals surface area contributed by atoms with Crippen molar-refractivity contribution in [3.8, 4) is 11.5 Å². The van der Waals surface area contributed by atoms with Crippen LogP contribution in [0.15, 0.2) is 65.3 Å². The summed E-state index contributed by atoms with van der Waals surface area (Å²) in [5.41, 5.74) is 2.45. The summed E-state index contributed by atoms with van der Waals surface area (Å²) in [7, 11) is 1.70. The van der Waals surface area contributed by atoms with Gasteiger partial charge in [-0.15, -0.1) is 0 Å². The number of rotatable bonds is 10. The fourth-order valence-corrected chi connectivity index (χ4v) is 3.57. The van der Waals surface area contributed by atoms with Gasteiger partial charge in [0.05, 0.1) is 11.3 Å². The number of allylic oxidation sites excluding steroid dienone is 3. The summed E-state index contributed by atoms with van der Waals surface area (Å²) in [6, 6.07) is 4.92. The number of carbonyl (C=O) groups is 1. The van der Waals surface area contributed by atoms with Crippen LogP contribution in [0, 0.1) is 12.8 Å². The zero-order chi connectivity index (χ0) is 27.5. The summed E-state index contributed by atoms with van der Waals surface area (Å²) in [6.45, 7) is 17.0. The van der Waals surface area contributed by atoms with Gasteiger partial charge in [-0.25, -0.2) is 4.98 Å². The van der Waals surface area contributed by atoms with Crippen molar-refractivity contribution in [1.82, 2.24) is 9.88 Å². The first-order chi connectivity index (χ1) is 16.8. The summed E-state index contributed by atoms with van der Waals surface area (Å²) in [5, 5.41) is 0. The largest absolute Gasteiger partial charge is 0.441 e. The number of halogens is 3. The monoisotopic (exact) mass is 504 g/mol. The SMILES string of the molecule is C=C/C=C(/C)C(=C)N(C)C(C)=O.CCCC(C)CCCc1nc(-c2ccc(C(F)(F)F)cc2)oc1C. The molecule has 2 aromatic rings. The Morgan fingerprint density at radius 3 is 2.31 bits per heavy atom. The van der Waals surface area contributed by atoms with Crippen molar-refractivity contribution in [2.24, 2.45) is 5.92 Å². The number of benzene rings is 1. The summed E-state index contributed by atoms with van der Waals surface area (Å²) >= 11 is 0. The van der Waals surface area contributed by atoms with Gasteiger partial charge in [-0.3, -0.25) is 4.79 Å². The maximum Gasteiger partial charge on any atom is 0.416 e. The second-order valence-electron chi connectivity index (χ2n) is 8.99. The molecule has 0 fully saturated rings. The number of amides is 1. The Bertz CT molecular complexity index is 1030. The molecule has 0 N–H and O–H groups in total. The molecule has 2 rings (SSSR count). The van der Waals surface area contributed by atoms with Crippen LogP contribution >= 0.6 is 0 Å². The lowest BCUT2D eigenvalue weighted by molar-refractivity contribution is -0.137. The van der Waals surface area contributed by atoms with Gasteiger partial charge in [0.2, 0.25) is 11.8 Å². The molecule has 0 bridgehead atoms. The number of carbonyl (C=O) groups excluding carboxylic acids is 1. The van der Waals surface area contributed by atoms with Crippen LogP contribution in [-0.2, 0) is 17.4 Å². The lowest BCUT2D eigenvalue weighted by atomic mass is 9.98. The van der Waals surface area contributed by atoms with Gasteiger partial charge in [0.15, 0.2) is 0 Å². The maximum absolute atomic E-state index is 12.6. The average molecular weight is 505 g/mol. The molecule has 4 nitrogen and oxygen atoms in total. The van der Waals surface area contributed by atoms with Crippen molar-refractivity contribution >= 4 is 5.91 Å². The standard InChI is InChI=1S/C19H24F3NO.C10H15NO/c1-4-6-13(2)7-5-8-17-14(3)24-18(23-17)15-9-11-16(12-10-15)19(20,21)22;1-6-7-8(2)9(3)11(5)10(4)12/h9-13H,4-8H2,1-3H3;6-7H,1,3H2,2,4-5H3/b;8-7-. The van der Waals surface area contributed by atoms with Crippen LogP contribution in [0.3, 0.4) is 0 Å². The highest BCUT2D eigenvalue weighted by atomic mass is 19.4. The fourth-order valence-electron chi connectivity index (χ4n) is 3.57. The predicted molar refractivity (Wildman–Crippen MR) is 140 cm³/mol. The van der Waals surface area contributed by atoms with Gasteiger partial charge < -0.3 is 9.32 Å². The highest BCUT2D eigenvalue weighted by Crippen LogP contribution is 2.31. The minimum Gasteiger partial charge on any atom is -0.441 e. The van der Waals surface area contributed by atoms with Crippen LogP contribution in [0.5, 0.6) is 0 Å². The van der Waals surface area contributed by atoms with E-state index in [9.17, 15) is 18.0 Å². The van der Waals surface area contributed by atoms with E-state index >= 15 is 0 Å². The number of alkyl halides is 3. The first kappa shape index (κ1) is 30.9. The summed E-state index contributed by atoms with van der Waals surface area (Å²) in [4.78, 5) is 16.9. The minimum absolute atomic E-state index is 0.0168. The Labute approximate surface area is 213 Å². The molecule has 0 aliphatic heterocycles. The van der Waals surface area contributed by atoms with E-state index in [2.05, 4.69) is 32.0 Å². The van der Waals surface area contributed by atoms with Gasteiger partial charge >= 0.3 is 6.18 Å². The molecule has 36 heavy (non-hydrogen) atoms. The van der Waals surface area contributed by atoms with Crippen LogP contribution in [-0.4, -0.2) is 22.8 Å². The van der Waals surface area contributed by atoms with E-state index in [0.29, 0.717) is 23.1 Å². The van der Waals surface area contributed by atoms with Gasteiger partial charge in [-0.05, 0) is 62.4 Å². The van der Waals surface area contributed by atoms with Crippen LogP contribution in [0.25, 0.3) is 11.5 Å². The van der Waals surface area contributed by atoms with Crippen molar-refractivity contribution in [1.29, 1.82) is 0 Å². The molecule has 0 saturated heterocycles. The van der Waals surface area contributed by atoms with Gasteiger partial charge in [-0.2, -0.15) is 13.2 Å². The number of aromatic nitrogens is 1. The first-order valence-corrected chi connectivity index (χ1v) is 12.2. The van der Waals surface area contributed by atoms with Crippen molar-refractivity contribution < 1.29 is 22.4 Å². The molecular formula is C29H39F3N2O2. The van der Waals surface area contributed by atoms with Crippen molar-refractivity contribution in [2.75, 3.05) is 7.05 Å². The second kappa shape index (κ2) is 14.5. The summed E-state index contributed by atoms with van der Waals surface area (Å²) < 4.78 is 43.5. The molecule has 1 aromatic heterocycles. The fraction of sp³-hybridized carbons (Fsp3) is 0.448. The normalized spacial score (nSPS) is 12.4. The Kier molecular flexibility index (Phi) is 12.4. The van der Waals surface area contributed by atoms with Crippen LogP contribution in [0.2, 0.25) is 0 Å². The molecule has 0 spiro atoms. The zero-order valence-electron chi connectivity index (χ0n) is 22.3. The highest BCUT2D eigenvalue weighted by molar-refractivity contribution is 5.75.